The maximum absolute atomic E-state index is 12.0. The zero-order valence-corrected chi connectivity index (χ0v) is 12.4. The van der Waals surface area contributed by atoms with Crippen molar-refractivity contribution in [3.63, 3.8) is 0 Å². The maximum Gasteiger partial charge on any atom is 0.255 e. The van der Waals surface area contributed by atoms with Crippen molar-refractivity contribution in [3.05, 3.63) is 57.5 Å². The molecular formula is C16H22N4O. The van der Waals surface area contributed by atoms with Crippen molar-refractivity contribution < 1.29 is 0 Å². The number of unbranched alkanes of at least 4 members (excludes halogenated alkanes) is 1. The number of H-pyrrole nitrogens is 1. The minimum Gasteiger partial charge on any atom is -0.356 e. The number of hydrogen-bond donors (Lipinski definition) is 3. The van der Waals surface area contributed by atoms with E-state index in [0.29, 0.717) is 24.5 Å². The molecule has 2 aromatic rings. The van der Waals surface area contributed by atoms with E-state index in [0.717, 1.165) is 30.6 Å². The summed E-state index contributed by atoms with van der Waals surface area (Å²) in [5, 5.41) is 3.15. The van der Waals surface area contributed by atoms with Crippen LogP contribution in [-0.2, 0) is 6.42 Å². The van der Waals surface area contributed by atoms with Gasteiger partial charge in [0.25, 0.3) is 5.56 Å². The monoisotopic (exact) mass is 286 g/mol. The van der Waals surface area contributed by atoms with Crippen molar-refractivity contribution in [1.82, 2.24) is 9.97 Å². The van der Waals surface area contributed by atoms with Gasteiger partial charge in [0.05, 0.1) is 5.69 Å². The first-order chi connectivity index (χ1) is 10.2. The lowest BCUT2D eigenvalue weighted by atomic mass is 10.1. The van der Waals surface area contributed by atoms with Crippen molar-refractivity contribution in [2.24, 2.45) is 5.73 Å². The molecule has 0 radical (unpaired) electrons. The summed E-state index contributed by atoms with van der Waals surface area (Å²) in [6, 6.07) is 10.0. The molecule has 112 valence electrons. The van der Waals surface area contributed by atoms with E-state index in [-0.39, 0.29) is 5.56 Å². The molecule has 0 unspecified atom stereocenters. The van der Waals surface area contributed by atoms with Gasteiger partial charge in [-0.3, -0.25) is 9.78 Å². The van der Waals surface area contributed by atoms with Crippen molar-refractivity contribution >= 4 is 5.95 Å². The molecule has 0 aliphatic carbocycles. The van der Waals surface area contributed by atoms with Gasteiger partial charge < -0.3 is 11.1 Å². The van der Waals surface area contributed by atoms with E-state index in [1.807, 2.05) is 37.3 Å². The van der Waals surface area contributed by atoms with Gasteiger partial charge in [0.15, 0.2) is 0 Å². The summed E-state index contributed by atoms with van der Waals surface area (Å²) in [5.41, 5.74) is 8.00. The van der Waals surface area contributed by atoms with Gasteiger partial charge in [-0.1, -0.05) is 30.3 Å². The first kappa shape index (κ1) is 15.3. The molecular weight excluding hydrogens is 264 g/mol. The highest BCUT2D eigenvalue weighted by molar-refractivity contribution is 5.32. The summed E-state index contributed by atoms with van der Waals surface area (Å²) in [6.07, 6.45) is 2.58. The fourth-order valence-electron chi connectivity index (χ4n) is 2.10. The summed E-state index contributed by atoms with van der Waals surface area (Å²) < 4.78 is 0. The molecule has 2 rings (SSSR count). The van der Waals surface area contributed by atoms with Crippen LogP contribution in [0, 0.1) is 6.92 Å². The Hall–Kier alpha value is -2.14. The molecule has 0 atom stereocenters. The van der Waals surface area contributed by atoms with Gasteiger partial charge in [0, 0.05) is 18.5 Å². The quantitative estimate of drug-likeness (QED) is 0.678. The van der Waals surface area contributed by atoms with Crippen molar-refractivity contribution in [1.29, 1.82) is 0 Å². The second-order valence-corrected chi connectivity index (χ2v) is 5.07. The highest BCUT2D eigenvalue weighted by atomic mass is 16.1. The van der Waals surface area contributed by atoms with Gasteiger partial charge in [-0.2, -0.15) is 0 Å². The Labute approximate surface area is 124 Å². The predicted molar refractivity (Wildman–Crippen MR) is 85.6 cm³/mol. The largest absolute Gasteiger partial charge is 0.356 e. The number of rotatable bonds is 7. The maximum atomic E-state index is 12.0. The lowest BCUT2D eigenvalue weighted by Gasteiger charge is -2.09. The normalized spacial score (nSPS) is 10.6. The Kier molecular flexibility index (Phi) is 5.51. The minimum atomic E-state index is -0.0859. The molecule has 0 aliphatic rings. The van der Waals surface area contributed by atoms with E-state index in [1.54, 1.807) is 0 Å². The minimum absolute atomic E-state index is 0.0859. The Morgan fingerprint density at radius 3 is 2.71 bits per heavy atom. The SMILES string of the molecule is Cc1c(Cc2ccccc2)nc(NCCCCN)[nH]c1=O. The molecule has 0 bridgehead atoms. The number of benzene rings is 1. The molecule has 0 spiro atoms. The molecule has 1 heterocycles. The standard InChI is InChI=1S/C16H22N4O/c1-12-14(11-13-7-3-2-4-8-13)19-16(20-15(12)21)18-10-6-5-9-17/h2-4,7-8H,5-6,9-11,17H2,1H3,(H2,18,19,20,21). The second-order valence-electron chi connectivity index (χ2n) is 5.07. The average Bonchev–Trinajstić information content (AvgIpc) is 2.50. The third-order valence-electron chi connectivity index (χ3n) is 3.39. The van der Waals surface area contributed by atoms with Gasteiger partial charge in [-0.25, -0.2) is 4.98 Å². The summed E-state index contributed by atoms with van der Waals surface area (Å²) in [5.74, 6) is 0.536. The van der Waals surface area contributed by atoms with E-state index in [2.05, 4.69) is 15.3 Å². The lowest BCUT2D eigenvalue weighted by molar-refractivity contribution is 0.768. The number of anilines is 1. The smallest absolute Gasteiger partial charge is 0.255 e. The van der Waals surface area contributed by atoms with Crippen LogP contribution in [0.1, 0.15) is 29.7 Å². The van der Waals surface area contributed by atoms with Gasteiger partial charge in [-0.05, 0) is 31.9 Å². The molecule has 4 N–H and O–H groups in total. The van der Waals surface area contributed by atoms with Crippen LogP contribution in [0.4, 0.5) is 5.95 Å². The number of nitrogens with zero attached hydrogens (tertiary/aromatic N) is 1. The molecule has 0 aliphatic heterocycles. The van der Waals surface area contributed by atoms with Gasteiger partial charge in [0.2, 0.25) is 5.95 Å². The molecule has 0 saturated carbocycles. The topological polar surface area (TPSA) is 83.8 Å². The van der Waals surface area contributed by atoms with E-state index in [4.69, 9.17) is 5.73 Å². The third kappa shape index (κ3) is 4.43. The lowest BCUT2D eigenvalue weighted by Crippen LogP contribution is -2.19. The van der Waals surface area contributed by atoms with Crippen LogP contribution >= 0.6 is 0 Å². The molecule has 0 saturated heterocycles. The number of hydrogen-bond acceptors (Lipinski definition) is 4. The Bertz CT molecular complexity index is 622. The number of aromatic nitrogens is 2. The highest BCUT2D eigenvalue weighted by Crippen LogP contribution is 2.10. The van der Waals surface area contributed by atoms with Crippen LogP contribution in [0.25, 0.3) is 0 Å². The summed E-state index contributed by atoms with van der Waals surface area (Å²) >= 11 is 0. The first-order valence-electron chi connectivity index (χ1n) is 7.28. The second kappa shape index (κ2) is 7.59. The van der Waals surface area contributed by atoms with Crippen LogP contribution in [-0.4, -0.2) is 23.1 Å². The van der Waals surface area contributed by atoms with Crippen LogP contribution in [0.15, 0.2) is 35.1 Å². The van der Waals surface area contributed by atoms with Crippen LogP contribution in [0.5, 0.6) is 0 Å². The van der Waals surface area contributed by atoms with Crippen LogP contribution in [0.3, 0.4) is 0 Å². The molecule has 1 aromatic heterocycles. The van der Waals surface area contributed by atoms with Gasteiger partial charge in [-0.15, -0.1) is 0 Å². The van der Waals surface area contributed by atoms with Crippen molar-refractivity contribution in [3.8, 4) is 0 Å². The Balaban J connectivity index is 2.13. The van der Waals surface area contributed by atoms with E-state index in [9.17, 15) is 4.79 Å². The molecule has 0 fully saturated rings. The number of aromatic amines is 1. The Morgan fingerprint density at radius 1 is 1.24 bits per heavy atom. The average molecular weight is 286 g/mol. The van der Waals surface area contributed by atoms with Crippen molar-refractivity contribution in [2.45, 2.75) is 26.2 Å². The van der Waals surface area contributed by atoms with E-state index >= 15 is 0 Å². The van der Waals surface area contributed by atoms with Crippen LogP contribution < -0.4 is 16.6 Å². The highest BCUT2D eigenvalue weighted by Gasteiger charge is 2.08. The molecule has 1 aromatic carbocycles. The van der Waals surface area contributed by atoms with Gasteiger partial charge >= 0.3 is 0 Å². The first-order valence-corrected chi connectivity index (χ1v) is 7.28. The van der Waals surface area contributed by atoms with Crippen LogP contribution in [0.2, 0.25) is 0 Å². The fourth-order valence-corrected chi connectivity index (χ4v) is 2.10. The van der Waals surface area contributed by atoms with E-state index in [1.165, 1.54) is 0 Å². The van der Waals surface area contributed by atoms with Crippen molar-refractivity contribution in [2.75, 3.05) is 18.4 Å². The molecule has 5 nitrogen and oxygen atoms in total. The predicted octanol–water partition coefficient (Wildman–Crippen LogP) is 1.82. The molecule has 5 heteroatoms. The number of nitrogens with two attached hydrogens (primary N) is 1. The molecule has 0 amide bonds. The summed E-state index contributed by atoms with van der Waals surface area (Å²) in [6.45, 7) is 3.25. The number of nitrogens with one attached hydrogen (secondary N) is 2. The zero-order valence-electron chi connectivity index (χ0n) is 12.4. The third-order valence-corrected chi connectivity index (χ3v) is 3.39. The fraction of sp³-hybridized carbons (Fsp3) is 0.375. The summed E-state index contributed by atoms with van der Waals surface area (Å²) in [4.78, 5) is 19.3. The Morgan fingerprint density at radius 2 is 2.00 bits per heavy atom. The van der Waals surface area contributed by atoms with Gasteiger partial charge in [0.1, 0.15) is 0 Å². The van der Waals surface area contributed by atoms with E-state index < -0.39 is 0 Å². The molecule has 21 heavy (non-hydrogen) atoms. The summed E-state index contributed by atoms with van der Waals surface area (Å²) in [7, 11) is 0. The zero-order chi connectivity index (χ0) is 15.1.